The summed E-state index contributed by atoms with van der Waals surface area (Å²) in [6, 6.07) is 3.81. The summed E-state index contributed by atoms with van der Waals surface area (Å²) in [5.74, 6) is -3.32. The summed E-state index contributed by atoms with van der Waals surface area (Å²) in [4.78, 5) is 39.7. The van der Waals surface area contributed by atoms with Crippen molar-refractivity contribution in [3.63, 3.8) is 0 Å². The molecule has 1 aromatic carbocycles. The van der Waals surface area contributed by atoms with Gasteiger partial charge in [0.2, 0.25) is 17.2 Å². The number of hydrogen-bond donors (Lipinski definition) is 4. The summed E-state index contributed by atoms with van der Waals surface area (Å²) in [5.41, 5.74) is -12.0. The van der Waals surface area contributed by atoms with Gasteiger partial charge in [0.25, 0.3) is 0 Å². The maximum absolute atomic E-state index is 13.5. The lowest BCUT2D eigenvalue weighted by atomic mass is 9.43. The molecule has 1 aromatic rings. The number of fused-ring (bicyclic) bond motifs is 2. The molecule has 2 saturated heterocycles. The predicted octanol–water partition coefficient (Wildman–Crippen LogP) is -0.351. The van der Waals surface area contributed by atoms with Gasteiger partial charge in [-0.25, -0.2) is 0 Å². The number of ether oxygens (including phenoxy) is 1. The number of aliphatic hydroxyl groups is 3. The second-order valence-electron chi connectivity index (χ2n) is 8.47. The molecule has 8 nitrogen and oxygen atoms in total. The van der Waals surface area contributed by atoms with E-state index in [2.05, 4.69) is 0 Å². The Kier molecular flexibility index (Phi) is 2.71. The third-order valence-electron chi connectivity index (χ3n) is 6.88. The van der Waals surface area contributed by atoms with Gasteiger partial charge in [0.1, 0.15) is 11.4 Å². The largest absolute Gasteiger partial charge is 0.507 e. The lowest BCUT2D eigenvalue weighted by Crippen LogP contribution is -2.93. The Labute approximate surface area is 153 Å². The summed E-state index contributed by atoms with van der Waals surface area (Å²) >= 11 is 0. The van der Waals surface area contributed by atoms with E-state index in [1.165, 1.54) is 25.1 Å². The number of carbonyl (C=O) groups excluding carboxylic acids is 3. The van der Waals surface area contributed by atoms with Gasteiger partial charge in [0.05, 0.1) is 11.2 Å². The molecule has 3 aliphatic carbocycles. The van der Waals surface area contributed by atoms with Crippen molar-refractivity contribution >= 4 is 17.3 Å². The van der Waals surface area contributed by atoms with Gasteiger partial charge in [-0.05, 0) is 25.8 Å². The Balaban J connectivity index is 1.91. The molecule has 0 aromatic heterocycles. The molecule has 0 unspecified atom stereocenters. The molecule has 0 radical (unpaired) electrons. The molecule has 4 N–H and O–H groups in total. The Morgan fingerprint density at radius 3 is 2.44 bits per heavy atom. The topological polar surface area (TPSA) is 141 Å². The van der Waals surface area contributed by atoms with Crippen molar-refractivity contribution in [2.24, 2.45) is 0 Å². The molecule has 4 bridgehead atoms. The maximum Gasteiger partial charge on any atom is 0.206 e. The highest BCUT2D eigenvalue weighted by Gasteiger charge is 2.88. The molecule has 4 fully saturated rings. The van der Waals surface area contributed by atoms with Crippen molar-refractivity contribution < 1.29 is 39.5 Å². The van der Waals surface area contributed by atoms with Gasteiger partial charge < -0.3 is 25.2 Å². The number of ketones is 3. The molecule has 1 spiro atoms. The Morgan fingerprint density at radius 2 is 1.74 bits per heavy atom. The van der Waals surface area contributed by atoms with Crippen LogP contribution in [-0.4, -0.2) is 65.8 Å². The summed E-state index contributed by atoms with van der Waals surface area (Å²) in [5, 5.41) is 44.1. The first-order chi connectivity index (χ1) is 12.5. The molecule has 8 heteroatoms. The van der Waals surface area contributed by atoms with Crippen molar-refractivity contribution in [2.45, 2.75) is 60.6 Å². The highest BCUT2D eigenvalue weighted by Crippen LogP contribution is 2.66. The minimum atomic E-state index is -2.76. The number of phenols is 1. The summed E-state index contributed by atoms with van der Waals surface area (Å²) in [6.45, 7) is 1.51. The van der Waals surface area contributed by atoms with Crippen molar-refractivity contribution in [2.75, 3.05) is 0 Å². The van der Waals surface area contributed by atoms with Crippen LogP contribution in [0.5, 0.6) is 5.75 Å². The van der Waals surface area contributed by atoms with Crippen molar-refractivity contribution in [3.05, 3.63) is 29.3 Å². The molecular weight excluding hydrogens is 356 g/mol. The van der Waals surface area contributed by atoms with Crippen LogP contribution in [0.25, 0.3) is 0 Å². The van der Waals surface area contributed by atoms with Crippen LogP contribution in [0.2, 0.25) is 0 Å². The lowest BCUT2D eigenvalue weighted by molar-refractivity contribution is -0.377. The number of aromatic hydroxyl groups is 1. The Hall–Kier alpha value is -2.13. The van der Waals surface area contributed by atoms with Crippen molar-refractivity contribution in [1.29, 1.82) is 0 Å². The number of carbonyl (C=O) groups is 3. The number of phenolic OH excluding ortho intramolecular Hbond substituents is 1. The first-order valence-corrected chi connectivity index (χ1v) is 8.78. The normalized spacial score (nSPS) is 47.6. The SMILES string of the molecule is C[C@@]12CC(=O)[C@@]3(O)[C@@](O)(CC[C@]4(O)C(=O)c5c(O)cccc5C(=O)[C@@]34O1)C2. The molecule has 2 heterocycles. The van der Waals surface area contributed by atoms with Crippen LogP contribution in [0.15, 0.2) is 18.2 Å². The van der Waals surface area contributed by atoms with E-state index in [1.807, 2.05) is 0 Å². The molecular formula is C19H18O8. The molecule has 5 atom stereocenters. The highest BCUT2D eigenvalue weighted by molar-refractivity contribution is 6.26. The van der Waals surface area contributed by atoms with Crippen LogP contribution < -0.4 is 0 Å². The van der Waals surface area contributed by atoms with E-state index < -0.39 is 57.5 Å². The third-order valence-corrected chi connectivity index (χ3v) is 6.88. The quantitative estimate of drug-likeness (QED) is 0.483. The fraction of sp³-hybridized carbons (Fsp3) is 0.526. The average molecular weight is 374 g/mol. The summed E-state index contributed by atoms with van der Waals surface area (Å²) in [6.07, 6.45) is -1.02. The number of hydrogen-bond acceptors (Lipinski definition) is 8. The van der Waals surface area contributed by atoms with E-state index in [0.717, 1.165) is 0 Å². The molecule has 6 rings (SSSR count). The zero-order chi connectivity index (χ0) is 19.6. The fourth-order valence-electron chi connectivity index (χ4n) is 5.83. The monoisotopic (exact) mass is 374 g/mol. The van der Waals surface area contributed by atoms with Crippen LogP contribution in [0.4, 0.5) is 0 Å². The lowest BCUT2D eigenvalue weighted by Gasteiger charge is -2.71. The molecule has 142 valence electrons. The van der Waals surface area contributed by atoms with Gasteiger partial charge >= 0.3 is 0 Å². The van der Waals surface area contributed by atoms with E-state index in [1.54, 1.807) is 0 Å². The first kappa shape index (κ1) is 17.0. The molecule has 2 saturated carbocycles. The molecule has 2 aliphatic heterocycles. The predicted molar refractivity (Wildman–Crippen MR) is 87.3 cm³/mol. The fourth-order valence-corrected chi connectivity index (χ4v) is 5.83. The van der Waals surface area contributed by atoms with E-state index in [9.17, 15) is 34.8 Å². The molecule has 5 aliphatic rings. The van der Waals surface area contributed by atoms with Gasteiger partial charge in [0.15, 0.2) is 17.0 Å². The van der Waals surface area contributed by atoms with Crippen LogP contribution >= 0.6 is 0 Å². The Bertz CT molecular complexity index is 970. The molecule has 27 heavy (non-hydrogen) atoms. The maximum atomic E-state index is 13.5. The summed E-state index contributed by atoms with van der Waals surface area (Å²) < 4.78 is 5.92. The zero-order valence-electron chi connectivity index (χ0n) is 14.5. The van der Waals surface area contributed by atoms with Crippen LogP contribution in [-0.2, 0) is 9.53 Å². The second kappa shape index (κ2) is 4.30. The second-order valence-corrected chi connectivity index (χ2v) is 8.47. The van der Waals surface area contributed by atoms with E-state index in [0.29, 0.717) is 0 Å². The zero-order valence-corrected chi connectivity index (χ0v) is 14.5. The van der Waals surface area contributed by atoms with Gasteiger partial charge in [0, 0.05) is 18.4 Å². The van der Waals surface area contributed by atoms with Crippen LogP contribution in [0.1, 0.15) is 53.3 Å². The molecule has 0 amide bonds. The van der Waals surface area contributed by atoms with Gasteiger partial charge in [-0.3, -0.25) is 14.4 Å². The van der Waals surface area contributed by atoms with Crippen molar-refractivity contribution in [3.8, 4) is 5.75 Å². The Morgan fingerprint density at radius 1 is 1.04 bits per heavy atom. The van der Waals surface area contributed by atoms with E-state index >= 15 is 0 Å². The number of rotatable bonds is 0. The highest BCUT2D eigenvalue weighted by atomic mass is 16.6. The summed E-state index contributed by atoms with van der Waals surface area (Å²) in [7, 11) is 0. The number of benzene rings is 1. The van der Waals surface area contributed by atoms with Gasteiger partial charge in [-0.1, -0.05) is 12.1 Å². The average Bonchev–Trinajstić information content (AvgIpc) is 2.58. The van der Waals surface area contributed by atoms with Crippen LogP contribution in [0.3, 0.4) is 0 Å². The minimum Gasteiger partial charge on any atom is -0.507 e. The van der Waals surface area contributed by atoms with Crippen LogP contribution in [0, 0.1) is 0 Å². The third kappa shape index (κ3) is 1.45. The van der Waals surface area contributed by atoms with E-state index in [-0.39, 0.29) is 30.4 Å². The smallest absolute Gasteiger partial charge is 0.206 e. The number of Topliss-reactive ketones (excluding diaryl/α,β-unsaturated/α-hetero) is 3. The van der Waals surface area contributed by atoms with Crippen molar-refractivity contribution in [1.82, 2.24) is 0 Å². The standard InChI is InChI=1S/C19H18O8/c1-15-7-11(21)18(26)16(24,8-15)5-6-17(25)14(23)12-9(3-2-4-10(12)20)13(22)19(17,18)27-15/h2-4,20,24-26H,5-8H2,1H3/t15-,16+,17-,18+,19-/m0/s1. The first-order valence-electron chi connectivity index (χ1n) is 8.78. The minimum absolute atomic E-state index is 0.103. The van der Waals surface area contributed by atoms with Gasteiger partial charge in [-0.2, -0.15) is 0 Å². The van der Waals surface area contributed by atoms with E-state index in [4.69, 9.17) is 4.74 Å². The van der Waals surface area contributed by atoms with Gasteiger partial charge in [-0.15, -0.1) is 0 Å².